The molecule has 440 valence electrons. The third-order valence-electron chi connectivity index (χ3n) is 15.3. The van der Waals surface area contributed by atoms with Crippen molar-refractivity contribution in [2.45, 2.75) is 366 Å². The number of allylic oxidation sites excluding steroid dienone is 7. The molecule has 0 aromatic heterocycles. The van der Waals surface area contributed by atoms with E-state index >= 15 is 0 Å². The number of hydrogen-bond donors (Lipinski definition) is 3. The van der Waals surface area contributed by atoms with E-state index < -0.39 is 12.1 Å². The topological polar surface area (TPSA) is 95.9 Å². The molecule has 75 heavy (non-hydrogen) atoms. The number of aliphatic hydroxyl groups is 2. The highest BCUT2D eigenvalue weighted by molar-refractivity contribution is 5.76. The molecule has 0 aromatic carbocycles. The number of rotatable bonds is 62. The van der Waals surface area contributed by atoms with Crippen LogP contribution in [-0.2, 0) is 14.3 Å². The van der Waals surface area contributed by atoms with Crippen molar-refractivity contribution < 1.29 is 24.5 Å². The minimum Gasteiger partial charge on any atom is -0.466 e. The number of esters is 1. The molecule has 0 bridgehead atoms. The Balaban J connectivity index is 3.37. The van der Waals surface area contributed by atoms with Gasteiger partial charge in [0.15, 0.2) is 0 Å². The molecule has 0 spiro atoms. The first kappa shape index (κ1) is 72.8. The molecule has 0 aliphatic heterocycles. The molecule has 2 atom stereocenters. The van der Waals surface area contributed by atoms with Gasteiger partial charge in [0.2, 0.25) is 5.91 Å². The van der Waals surface area contributed by atoms with Crippen LogP contribution in [0.5, 0.6) is 0 Å². The Morgan fingerprint density at radius 1 is 0.373 bits per heavy atom. The Bertz CT molecular complexity index is 1260. The standard InChI is InChI=1S/C69H129NO5/c1-3-5-7-9-11-13-14-15-16-37-40-43-47-51-55-59-63-69(74)75-64-60-56-52-48-44-41-38-35-33-31-29-27-25-23-21-19-17-18-20-22-24-26-28-30-32-34-36-39-42-46-50-54-58-62-68(73)70-66(65-71)67(72)61-57-53-49-45-12-10-8-6-4-2/h16,21,23,27,29,37,57,61,66-67,71-72H,3-15,17-20,22,24-26,28,30-36,38-56,58-60,62-65H2,1-2H3,(H,70,73)/b23-21-,29-27-,37-16-,61-57+. The van der Waals surface area contributed by atoms with Crippen molar-refractivity contribution in [2.24, 2.45) is 0 Å². The van der Waals surface area contributed by atoms with Gasteiger partial charge in [-0.2, -0.15) is 0 Å². The average Bonchev–Trinajstić information content (AvgIpc) is 3.41. The molecule has 3 N–H and O–H groups in total. The van der Waals surface area contributed by atoms with E-state index in [2.05, 4.69) is 55.6 Å². The van der Waals surface area contributed by atoms with Crippen LogP contribution in [0.2, 0.25) is 0 Å². The van der Waals surface area contributed by atoms with Gasteiger partial charge in [0.25, 0.3) is 0 Å². The molecule has 0 saturated carbocycles. The van der Waals surface area contributed by atoms with Gasteiger partial charge in [-0.1, -0.05) is 300 Å². The smallest absolute Gasteiger partial charge is 0.305 e. The minimum atomic E-state index is -0.841. The maximum Gasteiger partial charge on any atom is 0.305 e. The summed E-state index contributed by atoms with van der Waals surface area (Å²) in [5.74, 6) is -0.0620. The van der Waals surface area contributed by atoms with Crippen molar-refractivity contribution in [1.82, 2.24) is 5.32 Å². The minimum absolute atomic E-state index is 0.00636. The van der Waals surface area contributed by atoms with E-state index in [0.29, 0.717) is 19.4 Å². The summed E-state index contributed by atoms with van der Waals surface area (Å²) in [7, 11) is 0. The largest absolute Gasteiger partial charge is 0.466 e. The zero-order valence-electron chi connectivity index (χ0n) is 50.3. The lowest BCUT2D eigenvalue weighted by Gasteiger charge is -2.20. The van der Waals surface area contributed by atoms with Crippen LogP contribution < -0.4 is 5.32 Å². The van der Waals surface area contributed by atoms with Gasteiger partial charge in [-0.05, 0) is 89.9 Å². The second-order valence-corrected chi connectivity index (χ2v) is 22.8. The molecule has 0 aliphatic rings. The van der Waals surface area contributed by atoms with Crippen molar-refractivity contribution in [2.75, 3.05) is 13.2 Å². The first-order chi connectivity index (χ1) is 37.0. The Morgan fingerprint density at radius 2 is 0.667 bits per heavy atom. The van der Waals surface area contributed by atoms with Crippen LogP contribution in [0.15, 0.2) is 48.6 Å². The molecular weight excluding hydrogens is 923 g/mol. The maximum atomic E-state index is 12.4. The molecule has 0 aliphatic carbocycles. The highest BCUT2D eigenvalue weighted by Gasteiger charge is 2.18. The zero-order valence-corrected chi connectivity index (χ0v) is 50.3. The van der Waals surface area contributed by atoms with Crippen LogP contribution in [0.3, 0.4) is 0 Å². The fourth-order valence-corrected chi connectivity index (χ4v) is 10.2. The van der Waals surface area contributed by atoms with Gasteiger partial charge in [0, 0.05) is 12.8 Å². The summed E-state index contributed by atoms with van der Waals surface area (Å²) in [4.78, 5) is 24.5. The number of unbranched alkanes of at least 4 members (excludes halogenated alkanes) is 45. The number of nitrogens with one attached hydrogen (secondary N) is 1. The lowest BCUT2D eigenvalue weighted by Crippen LogP contribution is -2.45. The molecule has 6 nitrogen and oxygen atoms in total. The monoisotopic (exact) mass is 1050 g/mol. The third kappa shape index (κ3) is 60.9. The predicted molar refractivity (Wildman–Crippen MR) is 329 cm³/mol. The molecule has 0 fully saturated rings. The summed E-state index contributed by atoms with van der Waals surface area (Å²) in [5.41, 5.74) is 0. The van der Waals surface area contributed by atoms with Crippen LogP contribution in [0.25, 0.3) is 0 Å². The van der Waals surface area contributed by atoms with E-state index in [9.17, 15) is 19.8 Å². The zero-order chi connectivity index (χ0) is 54.3. The van der Waals surface area contributed by atoms with E-state index in [1.165, 1.54) is 276 Å². The van der Waals surface area contributed by atoms with E-state index in [-0.39, 0.29) is 18.5 Å². The molecule has 0 heterocycles. The quantitative estimate of drug-likeness (QED) is 0.0320. The van der Waals surface area contributed by atoms with Crippen molar-refractivity contribution in [3.05, 3.63) is 48.6 Å². The second kappa shape index (κ2) is 64.3. The van der Waals surface area contributed by atoms with E-state index in [1.807, 2.05) is 6.08 Å². The molecule has 0 aromatic rings. The van der Waals surface area contributed by atoms with Gasteiger partial charge in [0.05, 0.1) is 25.4 Å². The van der Waals surface area contributed by atoms with Crippen molar-refractivity contribution in [3.8, 4) is 0 Å². The summed E-state index contributed by atoms with van der Waals surface area (Å²) < 4.78 is 5.49. The summed E-state index contributed by atoms with van der Waals surface area (Å²) in [6.07, 6.45) is 83.4. The molecule has 0 radical (unpaired) electrons. The van der Waals surface area contributed by atoms with Crippen LogP contribution in [-0.4, -0.2) is 47.4 Å². The molecule has 0 rings (SSSR count). The molecule has 2 unspecified atom stereocenters. The van der Waals surface area contributed by atoms with Crippen molar-refractivity contribution >= 4 is 11.9 Å². The lowest BCUT2D eigenvalue weighted by atomic mass is 10.0. The normalized spacial score (nSPS) is 12.9. The number of hydrogen-bond acceptors (Lipinski definition) is 5. The highest BCUT2D eigenvalue weighted by Crippen LogP contribution is 2.17. The third-order valence-corrected chi connectivity index (χ3v) is 15.3. The first-order valence-electron chi connectivity index (χ1n) is 33.4. The van der Waals surface area contributed by atoms with Crippen molar-refractivity contribution in [3.63, 3.8) is 0 Å². The second-order valence-electron chi connectivity index (χ2n) is 22.8. The van der Waals surface area contributed by atoms with E-state index in [1.54, 1.807) is 6.08 Å². The molecule has 1 amide bonds. The number of aliphatic hydroxyl groups excluding tert-OH is 2. The predicted octanol–water partition coefficient (Wildman–Crippen LogP) is 21.3. The number of ether oxygens (including phenoxy) is 1. The molecule has 6 heteroatoms. The van der Waals surface area contributed by atoms with Gasteiger partial charge >= 0.3 is 5.97 Å². The summed E-state index contributed by atoms with van der Waals surface area (Å²) in [6.45, 7) is 4.88. The lowest BCUT2D eigenvalue weighted by molar-refractivity contribution is -0.143. The van der Waals surface area contributed by atoms with Gasteiger partial charge in [0.1, 0.15) is 0 Å². The van der Waals surface area contributed by atoms with Crippen LogP contribution in [0, 0.1) is 0 Å². The fourth-order valence-electron chi connectivity index (χ4n) is 10.2. The Kier molecular flexibility index (Phi) is 62.5. The molecular formula is C69H129NO5. The highest BCUT2D eigenvalue weighted by atomic mass is 16.5. The Labute approximate surface area is 467 Å². The Morgan fingerprint density at radius 3 is 1.03 bits per heavy atom. The summed E-state index contributed by atoms with van der Waals surface area (Å²) in [6, 6.07) is -0.625. The van der Waals surface area contributed by atoms with Crippen LogP contribution in [0.4, 0.5) is 0 Å². The van der Waals surface area contributed by atoms with Gasteiger partial charge in [-0.25, -0.2) is 0 Å². The number of amides is 1. The van der Waals surface area contributed by atoms with Gasteiger partial charge < -0.3 is 20.3 Å². The molecule has 0 saturated heterocycles. The van der Waals surface area contributed by atoms with Crippen LogP contribution >= 0.6 is 0 Å². The van der Waals surface area contributed by atoms with E-state index in [4.69, 9.17) is 4.74 Å². The number of carbonyl (C=O) groups excluding carboxylic acids is 2. The first-order valence-corrected chi connectivity index (χ1v) is 33.4. The fraction of sp³-hybridized carbons (Fsp3) is 0.855. The summed E-state index contributed by atoms with van der Waals surface area (Å²) in [5, 5.41) is 23.0. The van der Waals surface area contributed by atoms with Gasteiger partial charge in [-0.15, -0.1) is 0 Å². The van der Waals surface area contributed by atoms with E-state index in [0.717, 1.165) is 51.4 Å². The SMILES string of the molecule is CCCCCCCCC/C=C\CCCCCCCC(=O)OCCCCCCCCCCC/C=C\C/C=C\CCCCCCCCCCCCCCCCCCCC(=O)NC(CO)C(O)/C=C/CCCCCCCCC. The maximum absolute atomic E-state index is 12.4. The number of carbonyl (C=O) groups is 2. The average molecular weight is 1050 g/mol. The van der Waals surface area contributed by atoms with Gasteiger partial charge in [-0.3, -0.25) is 9.59 Å². The van der Waals surface area contributed by atoms with Crippen molar-refractivity contribution in [1.29, 1.82) is 0 Å². The Hall–Kier alpha value is -2.18. The summed E-state index contributed by atoms with van der Waals surface area (Å²) >= 11 is 0. The van der Waals surface area contributed by atoms with Crippen LogP contribution in [0.1, 0.15) is 354 Å².